The minimum atomic E-state index is -1.22. The zero-order valence-electron chi connectivity index (χ0n) is 15.9. The number of ether oxygens (including phenoxy) is 2. The lowest BCUT2D eigenvalue weighted by Gasteiger charge is -2.35. The van der Waals surface area contributed by atoms with Crippen LogP contribution < -0.4 is 0 Å². The number of esters is 1. The second kappa shape index (κ2) is 9.66. The Morgan fingerprint density at radius 2 is 1.10 bits per heavy atom. The van der Waals surface area contributed by atoms with E-state index in [1.807, 2.05) is 91.0 Å². The molecule has 148 valence electrons. The van der Waals surface area contributed by atoms with Crippen LogP contribution in [0.25, 0.3) is 0 Å². The molecule has 0 aliphatic heterocycles. The van der Waals surface area contributed by atoms with Crippen LogP contribution in [0, 0.1) is 0 Å². The SMILES string of the molecule is O=C(O)CC(=O)OCCOC(c1ccccc1)(c1ccccc1)c1ccccc1. The van der Waals surface area contributed by atoms with Crippen molar-refractivity contribution in [2.45, 2.75) is 12.0 Å². The summed E-state index contributed by atoms with van der Waals surface area (Å²) in [5, 5.41) is 8.68. The molecule has 0 heterocycles. The van der Waals surface area contributed by atoms with E-state index in [0.29, 0.717) is 0 Å². The highest BCUT2D eigenvalue weighted by molar-refractivity contribution is 5.90. The number of aliphatic carboxylic acids is 1. The quantitative estimate of drug-likeness (QED) is 0.259. The van der Waals surface area contributed by atoms with Crippen molar-refractivity contribution in [1.29, 1.82) is 0 Å². The lowest BCUT2D eigenvalue weighted by atomic mass is 9.80. The number of rotatable bonds is 9. The monoisotopic (exact) mass is 390 g/mol. The summed E-state index contributed by atoms with van der Waals surface area (Å²) in [5.41, 5.74) is 1.92. The molecule has 3 aromatic carbocycles. The van der Waals surface area contributed by atoms with Gasteiger partial charge >= 0.3 is 11.9 Å². The molecular formula is C24H22O5. The third-order valence-electron chi connectivity index (χ3n) is 4.50. The van der Waals surface area contributed by atoms with Crippen molar-refractivity contribution in [2.24, 2.45) is 0 Å². The number of benzene rings is 3. The topological polar surface area (TPSA) is 72.8 Å². The molecule has 5 heteroatoms. The molecule has 0 saturated heterocycles. The van der Waals surface area contributed by atoms with E-state index in [9.17, 15) is 9.59 Å². The Bertz CT molecular complexity index is 827. The fourth-order valence-electron chi connectivity index (χ4n) is 3.29. The molecule has 3 aromatic rings. The summed E-state index contributed by atoms with van der Waals surface area (Å²) in [6, 6.07) is 29.5. The Balaban J connectivity index is 1.95. The van der Waals surface area contributed by atoms with Gasteiger partial charge in [0.2, 0.25) is 0 Å². The maximum Gasteiger partial charge on any atom is 0.317 e. The van der Waals surface area contributed by atoms with Gasteiger partial charge in [0, 0.05) is 0 Å². The number of hydrogen-bond acceptors (Lipinski definition) is 4. The van der Waals surface area contributed by atoms with Crippen LogP contribution in [-0.4, -0.2) is 30.3 Å². The molecule has 0 bridgehead atoms. The molecule has 29 heavy (non-hydrogen) atoms. The van der Waals surface area contributed by atoms with E-state index < -0.39 is 24.0 Å². The zero-order valence-corrected chi connectivity index (χ0v) is 15.9. The first-order chi connectivity index (χ1) is 14.1. The molecule has 0 amide bonds. The molecule has 0 aliphatic carbocycles. The van der Waals surface area contributed by atoms with Gasteiger partial charge in [-0.3, -0.25) is 9.59 Å². The van der Waals surface area contributed by atoms with Gasteiger partial charge in [0.05, 0.1) is 6.61 Å². The molecule has 0 unspecified atom stereocenters. The fraction of sp³-hybridized carbons (Fsp3) is 0.167. The summed E-state index contributed by atoms with van der Waals surface area (Å²) >= 11 is 0. The molecule has 0 aliphatic rings. The maximum atomic E-state index is 11.5. The Labute approximate surface area is 169 Å². The number of carbonyl (C=O) groups is 2. The van der Waals surface area contributed by atoms with E-state index in [0.717, 1.165) is 16.7 Å². The summed E-state index contributed by atoms with van der Waals surface area (Å²) in [5.74, 6) is -2.01. The van der Waals surface area contributed by atoms with Gasteiger partial charge in [0.15, 0.2) is 0 Å². The maximum absolute atomic E-state index is 11.5. The van der Waals surface area contributed by atoms with Crippen LogP contribution in [0.4, 0.5) is 0 Å². The van der Waals surface area contributed by atoms with Crippen LogP contribution in [0.3, 0.4) is 0 Å². The predicted molar refractivity (Wildman–Crippen MR) is 108 cm³/mol. The number of carbonyl (C=O) groups excluding carboxylic acids is 1. The summed E-state index contributed by atoms with van der Waals surface area (Å²) in [7, 11) is 0. The van der Waals surface area contributed by atoms with Crippen LogP contribution in [-0.2, 0) is 24.7 Å². The van der Waals surface area contributed by atoms with Crippen molar-refractivity contribution in [3.05, 3.63) is 108 Å². The van der Waals surface area contributed by atoms with Gasteiger partial charge in [-0.1, -0.05) is 91.0 Å². The van der Waals surface area contributed by atoms with Gasteiger partial charge in [0.25, 0.3) is 0 Å². The van der Waals surface area contributed by atoms with Gasteiger partial charge in [0.1, 0.15) is 18.6 Å². The highest BCUT2D eigenvalue weighted by atomic mass is 16.6. The van der Waals surface area contributed by atoms with Crippen LogP contribution >= 0.6 is 0 Å². The molecule has 3 rings (SSSR count). The summed E-state index contributed by atoms with van der Waals surface area (Å²) in [6.45, 7) is 0.0599. The normalized spacial score (nSPS) is 11.0. The third kappa shape index (κ3) is 4.89. The molecule has 0 saturated carbocycles. The van der Waals surface area contributed by atoms with E-state index in [1.54, 1.807) is 0 Å². The standard InChI is InChI=1S/C24H22O5/c25-22(26)18-23(27)28-16-17-29-24(19-10-4-1-5-11-19,20-12-6-2-7-13-20)21-14-8-3-9-15-21/h1-15H,16-18H2,(H,25,26). The Morgan fingerprint density at radius 3 is 1.48 bits per heavy atom. The van der Waals surface area contributed by atoms with Crippen molar-refractivity contribution in [3.8, 4) is 0 Å². The smallest absolute Gasteiger partial charge is 0.317 e. The molecular weight excluding hydrogens is 368 g/mol. The first-order valence-corrected chi connectivity index (χ1v) is 9.31. The zero-order chi connectivity index (χ0) is 20.5. The average Bonchev–Trinajstić information content (AvgIpc) is 2.75. The van der Waals surface area contributed by atoms with Gasteiger partial charge in [-0.25, -0.2) is 0 Å². The summed E-state index contributed by atoms with van der Waals surface area (Å²) in [4.78, 5) is 22.2. The number of carboxylic acids is 1. The van der Waals surface area contributed by atoms with Gasteiger partial charge < -0.3 is 14.6 Å². The minimum Gasteiger partial charge on any atom is -0.481 e. The van der Waals surface area contributed by atoms with Crippen LogP contribution in [0.15, 0.2) is 91.0 Å². The van der Waals surface area contributed by atoms with E-state index in [2.05, 4.69) is 0 Å². The lowest BCUT2D eigenvalue weighted by Crippen LogP contribution is -2.34. The first kappa shape index (κ1) is 20.3. The predicted octanol–water partition coefficient (Wildman–Crippen LogP) is 4.01. The second-order valence-electron chi connectivity index (χ2n) is 6.42. The molecule has 0 radical (unpaired) electrons. The summed E-state index contributed by atoms with van der Waals surface area (Å²) in [6.07, 6.45) is -0.665. The fourth-order valence-corrected chi connectivity index (χ4v) is 3.29. The van der Waals surface area contributed by atoms with E-state index in [4.69, 9.17) is 14.6 Å². The van der Waals surface area contributed by atoms with Gasteiger partial charge in [-0.05, 0) is 16.7 Å². The van der Waals surface area contributed by atoms with Gasteiger partial charge in [-0.15, -0.1) is 0 Å². The summed E-state index contributed by atoms with van der Waals surface area (Å²) < 4.78 is 11.4. The highest BCUT2D eigenvalue weighted by Crippen LogP contribution is 2.40. The Hall–Kier alpha value is -3.44. The Kier molecular flexibility index (Phi) is 6.76. The van der Waals surface area contributed by atoms with Gasteiger partial charge in [-0.2, -0.15) is 0 Å². The second-order valence-corrected chi connectivity index (χ2v) is 6.42. The van der Waals surface area contributed by atoms with Crippen LogP contribution in [0.2, 0.25) is 0 Å². The number of hydrogen-bond donors (Lipinski definition) is 1. The number of carboxylic acid groups (broad SMARTS) is 1. The lowest BCUT2D eigenvalue weighted by molar-refractivity contribution is -0.153. The molecule has 5 nitrogen and oxygen atoms in total. The molecule has 0 atom stereocenters. The van der Waals surface area contributed by atoms with Crippen molar-refractivity contribution < 1.29 is 24.2 Å². The van der Waals surface area contributed by atoms with Crippen molar-refractivity contribution in [1.82, 2.24) is 0 Å². The van der Waals surface area contributed by atoms with Crippen molar-refractivity contribution in [2.75, 3.05) is 13.2 Å². The van der Waals surface area contributed by atoms with Crippen molar-refractivity contribution in [3.63, 3.8) is 0 Å². The first-order valence-electron chi connectivity index (χ1n) is 9.31. The molecule has 0 aromatic heterocycles. The average molecular weight is 390 g/mol. The minimum absolute atomic E-state index is 0.0413. The van der Waals surface area contributed by atoms with Crippen LogP contribution in [0.1, 0.15) is 23.1 Å². The van der Waals surface area contributed by atoms with E-state index in [-0.39, 0.29) is 13.2 Å². The molecule has 1 N–H and O–H groups in total. The highest BCUT2D eigenvalue weighted by Gasteiger charge is 2.37. The van der Waals surface area contributed by atoms with Crippen molar-refractivity contribution >= 4 is 11.9 Å². The third-order valence-corrected chi connectivity index (χ3v) is 4.50. The van der Waals surface area contributed by atoms with Crippen LogP contribution in [0.5, 0.6) is 0 Å². The van der Waals surface area contributed by atoms with E-state index in [1.165, 1.54) is 0 Å². The largest absolute Gasteiger partial charge is 0.481 e. The molecule has 0 fully saturated rings. The molecule has 0 spiro atoms. The van der Waals surface area contributed by atoms with E-state index >= 15 is 0 Å². The Morgan fingerprint density at radius 1 is 0.690 bits per heavy atom.